The first kappa shape index (κ1) is 17.7. The maximum absolute atomic E-state index is 12.3. The minimum atomic E-state index is -0.438. The number of rotatable bonds is 6. The lowest BCUT2D eigenvalue weighted by atomic mass is 10.1. The molecule has 3 rings (SSSR count). The Kier molecular flexibility index (Phi) is 5.66. The zero-order valence-electron chi connectivity index (χ0n) is 14.5. The standard InChI is InChI=1S/C20H22N4O2/c1-15(16-7-9-18(10-8-16)24-12-11-21-14-24)22-20(26)23-19(13-25)17-5-3-2-4-6-17/h2-12,14-15,19,25H,13H2,1H3,(H2,22,23,26). The third kappa shape index (κ3) is 4.29. The topological polar surface area (TPSA) is 79.2 Å². The summed E-state index contributed by atoms with van der Waals surface area (Å²) in [6, 6.07) is 16.4. The fourth-order valence-corrected chi connectivity index (χ4v) is 2.75. The van der Waals surface area contributed by atoms with Crippen LogP contribution in [0.15, 0.2) is 73.3 Å². The van der Waals surface area contributed by atoms with Crippen molar-refractivity contribution in [3.05, 3.63) is 84.4 Å². The third-order valence-corrected chi connectivity index (χ3v) is 4.23. The van der Waals surface area contributed by atoms with Gasteiger partial charge in [0.25, 0.3) is 0 Å². The molecule has 1 aromatic heterocycles. The number of aliphatic hydroxyl groups excluding tert-OH is 1. The van der Waals surface area contributed by atoms with Gasteiger partial charge in [0, 0.05) is 18.1 Å². The number of hydrogen-bond acceptors (Lipinski definition) is 3. The number of aliphatic hydroxyl groups is 1. The number of hydrogen-bond donors (Lipinski definition) is 3. The lowest BCUT2D eigenvalue weighted by molar-refractivity contribution is 0.214. The molecule has 0 aliphatic heterocycles. The monoisotopic (exact) mass is 350 g/mol. The summed E-state index contributed by atoms with van der Waals surface area (Å²) in [5, 5.41) is 15.3. The van der Waals surface area contributed by atoms with E-state index < -0.39 is 6.04 Å². The average molecular weight is 350 g/mol. The Hall–Kier alpha value is -3.12. The van der Waals surface area contributed by atoms with Crippen LogP contribution in [0.2, 0.25) is 0 Å². The highest BCUT2D eigenvalue weighted by molar-refractivity contribution is 5.75. The summed E-state index contributed by atoms with van der Waals surface area (Å²) < 4.78 is 1.92. The normalized spacial score (nSPS) is 13.0. The molecular weight excluding hydrogens is 328 g/mol. The summed E-state index contributed by atoms with van der Waals surface area (Å²) in [5.74, 6) is 0. The van der Waals surface area contributed by atoms with Gasteiger partial charge in [-0.05, 0) is 30.2 Å². The van der Waals surface area contributed by atoms with Gasteiger partial charge < -0.3 is 20.3 Å². The molecule has 134 valence electrons. The number of carbonyl (C=O) groups excluding carboxylic acids is 1. The number of nitrogens with zero attached hydrogens (tertiary/aromatic N) is 2. The Bertz CT molecular complexity index is 817. The van der Waals surface area contributed by atoms with Crippen molar-refractivity contribution in [2.24, 2.45) is 0 Å². The maximum Gasteiger partial charge on any atom is 0.315 e. The maximum atomic E-state index is 12.3. The predicted molar refractivity (Wildman–Crippen MR) is 99.9 cm³/mol. The van der Waals surface area contributed by atoms with Crippen LogP contribution in [-0.4, -0.2) is 27.3 Å². The fourth-order valence-electron chi connectivity index (χ4n) is 2.75. The second-order valence-corrected chi connectivity index (χ2v) is 6.05. The molecule has 2 amide bonds. The molecule has 0 aliphatic rings. The minimum Gasteiger partial charge on any atom is -0.394 e. The summed E-state index contributed by atoms with van der Waals surface area (Å²) >= 11 is 0. The number of urea groups is 1. The molecule has 2 atom stereocenters. The molecule has 3 aromatic rings. The van der Waals surface area contributed by atoms with Crippen LogP contribution in [-0.2, 0) is 0 Å². The first-order chi connectivity index (χ1) is 12.7. The van der Waals surface area contributed by atoms with Gasteiger partial charge in [-0.15, -0.1) is 0 Å². The molecule has 6 heteroatoms. The van der Waals surface area contributed by atoms with Gasteiger partial charge in [-0.25, -0.2) is 9.78 Å². The van der Waals surface area contributed by atoms with E-state index in [2.05, 4.69) is 15.6 Å². The molecule has 2 aromatic carbocycles. The molecular formula is C20H22N4O2. The summed E-state index contributed by atoms with van der Waals surface area (Å²) in [6.45, 7) is 1.76. The summed E-state index contributed by atoms with van der Waals surface area (Å²) in [4.78, 5) is 16.3. The van der Waals surface area contributed by atoms with Gasteiger partial charge in [0.1, 0.15) is 0 Å². The van der Waals surface area contributed by atoms with Crippen LogP contribution in [0.4, 0.5) is 4.79 Å². The number of amides is 2. The van der Waals surface area contributed by atoms with E-state index >= 15 is 0 Å². The van der Waals surface area contributed by atoms with Crippen molar-refractivity contribution in [1.82, 2.24) is 20.2 Å². The molecule has 0 bridgehead atoms. The fraction of sp³-hybridized carbons (Fsp3) is 0.200. The van der Waals surface area contributed by atoms with Crippen LogP contribution >= 0.6 is 0 Å². The number of benzene rings is 2. The molecule has 2 unspecified atom stereocenters. The van der Waals surface area contributed by atoms with Crippen molar-refractivity contribution in [3.63, 3.8) is 0 Å². The van der Waals surface area contributed by atoms with Crippen molar-refractivity contribution in [2.75, 3.05) is 6.61 Å². The Balaban J connectivity index is 1.60. The number of carbonyl (C=O) groups is 1. The van der Waals surface area contributed by atoms with Crippen LogP contribution in [0.25, 0.3) is 5.69 Å². The van der Waals surface area contributed by atoms with E-state index in [9.17, 15) is 9.90 Å². The van der Waals surface area contributed by atoms with Gasteiger partial charge in [-0.2, -0.15) is 0 Å². The van der Waals surface area contributed by atoms with E-state index in [1.807, 2.05) is 72.3 Å². The van der Waals surface area contributed by atoms with Crippen molar-refractivity contribution in [3.8, 4) is 5.69 Å². The lowest BCUT2D eigenvalue weighted by Crippen LogP contribution is -2.40. The molecule has 6 nitrogen and oxygen atoms in total. The van der Waals surface area contributed by atoms with Gasteiger partial charge in [0.2, 0.25) is 0 Å². The van der Waals surface area contributed by atoms with Crippen LogP contribution in [0.1, 0.15) is 30.1 Å². The van der Waals surface area contributed by atoms with Crippen LogP contribution < -0.4 is 10.6 Å². The van der Waals surface area contributed by atoms with Crippen LogP contribution in [0, 0.1) is 0 Å². The van der Waals surface area contributed by atoms with Gasteiger partial charge in [0.05, 0.1) is 25.0 Å². The Morgan fingerprint density at radius 3 is 2.42 bits per heavy atom. The van der Waals surface area contributed by atoms with Crippen molar-refractivity contribution >= 4 is 6.03 Å². The number of aromatic nitrogens is 2. The van der Waals surface area contributed by atoms with Gasteiger partial charge >= 0.3 is 6.03 Å². The Morgan fingerprint density at radius 2 is 1.81 bits per heavy atom. The highest BCUT2D eigenvalue weighted by Crippen LogP contribution is 2.16. The van der Waals surface area contributed by atoms with Gasteiger partial charge in [0.15, 0.2) is 0 Å². The molecule has 0 saturated carbocycles. The van der Waals surface area contributed by atoms with Crippen LogP contribution in [0.3, 0.4) is 0 Å². The smallest absolute Gasteiger partial charge is 0.315 e. The molecule has 0 saturated heterocycles. The predicted octanol–water partition coefficient (Wildman–Crippen LogP) is 2.97. The highest BCUT2D eigenvalue weighted by atomic mass is 16.3. The largest absolute Gasteiger partial charge is 0.394 e. The van der Waals surface area contributed by atoms with E-state index in [0.29, 0.717) is 0 Å². The molecule has 0 spiro atoms. The van der Waals surface area contributed by atoms with E-state index in [4.69, 9.17) is 0 Å². The molecule has 3 N–H and O–H groups in total. The second kappa shape index (κ2) is 8.31. The average Bonchev–Trinajstić information content (AvgIpc) is 3.21. The molecule has 1 heterocycles. The third-order valence-electron chi connectivity index (χ3n) is 4.23. The zero-order chi connectivity index (χ0) is 18.4. The first-order valence-electron chi connectivity index (χ1n) is 8.48. The quantitative estimate of drug-likeness (QED) is 0.639. The van der Waals surface area contributed by atoms with E-state index in [-0.39, 0.29) is 18.7 Å². The van der Waals surface area contributed by atoms with Gasteiger partial charge in [-0.3, -0.25) is 0 Å². The van der Waals surface area contributed by atoms with Crippen molar-refractivity contribution < 1.29 is 9.90 Å². The van der Waals surface area contributed by atoms with E-state index in [1.165, 1.54) is 0 Å². The minimum absolute atomic E-state index is 0.161. The molecule has 0 aliphatic carbocycles. The van der Waals surface area contributed by atoms with E-state index in [1.54, 1.807) is 12.5 Å². The lowest BCUT2D eigenvalue weighted by Gasteiger charge is -2.20. The summed E-state index contributed by atoms with van der Waals surface area (Å²) in [5.41, 5.74) is 2.86. The molecule has 0 radical (unpaired) electrons. The Labute approximate surface area is 152 Å². The first-order valence-corrected chi connectivity index (χ1v) is 8.48. The number of imidazole rings is 1. The van der Waals surface area contributed by atoms with E-state index in [0.717, 1.165) is 16.8 Å². The Morgan fingerprint density at radius 1 is 1.08 bits per heavy atom. The second-order valence-electron chi connectivity index (χ2n) is 6.05. The summed E-state index contributed by atoms with van der Waals surface area (Å²) in [7, 11) is 0. The zero-order valence-corrected chi connectivity index (χ0v) is 14.5. The highest BCUT2D eigenvalue weighted by Gasteiger charge is 2.15. The van der Waals surface area contributed by atoms with Gasteiger partial charge in [-0.1, -0.05) is 42.5 Å². The molecule has 26 heavy (non-hydrogen) atoms. The summed E-state index contributed by atoms with van der Waals surface area (Å²) in [6.07, 6.45) is 5.35. The molecule has 0 fully saturated rings. The SMILES string of the molecule is CC(NC(=O)NC(CO)c1ccccc1)c1ccc(-n2ccnc2)cc1. The van der Waals surface area contributed by atoms with Crippen molar-refractivity contribution in [1.29, 1.82) is 0 Å². The van der Waals surface area contributed by atoms with Crippen LogP contribution in [0.5, 0.6) is 0 Å². The van der Waals surface area contributed by atoms with Crippen molar-refractivity contribution in [2.45, 2.75) is 19.0 Å². The number of nitrogens with one attached hydrogen (secondary N) is 2.